The van der Waals surface area contributed by atoms with Crippen molar-refractivity contribution >= 4 is 29.5 Å². The van der Waals surface area contributed by atoms with Crippen LogP contribution < -0.4 is 0 Å². The molecule has 0 saturated carbocycles. The molecule has 0 unspecified atom stereocenters. The molecule has 0 aliphatic heterocycles. The monoisotopic (exact) mass is 423 g/mol. The molecule has 162 valence electrons. The van der Waals surface area contributed by atoms with Gasteiger partial charge in [-0.25, -0.2) is 4.79 Å². The largest absolute Gasteiger partial charge is 0.464 e. The number of rotatable bonds is 19. The maximum atomic E-state index is 11.8. The van der Waals surface area contributed by atoms with Gasteiger partial charge in [0.15, 0.2) is 0 Å². The lowest BCUT2D eigenvalue weighted by atomic mass is 10.0. The highest BCUT2D eigenvalue weighted by atomic mass is 35.5. The van der Waals surface area contributed by atoms with Crippen LogP contribution in [0.1, 0.15) is 124 Å². The Morgan fingerprint density at radius 1 is 0.704 bits per heavy atom. The summed E-state index contributed by atoms with van der Waals surface area (Å²) in [5.41, 5.74) is -1.00. The summed E-state index contributed by atoms with van der Waals surface area (Å²) in [6.45, 7) is 6.00. The number of hydrogen-bond donors (Lipinski definition) is 0. The Kier molecular flexibility index (Phi) is 18.1. The molecule has 0 aliphatic rings. The molecule has 0 rings (SSSR count). The molecule has 0 saturated heterocycles. The molecule has 0 heterocycles. The summed E-state index contributed by atoms with van der Waals surface area (Å²) in [5, 5.41) is 0. The first-order valence-electron chi connectivity index (χ1n) is 11.2. The summed E-state index contributed by atoms with van der Waals surface area (Å²) in [7, 11) is 0. The Morgan fingerprint density at radius 3 is 1.37 bits per heavy atom. The van der Waals surface area contributed by atoms with Crippen molar-refractivity contribution in [3.05, 3.63) is 0 Å². The standard InChI is InChI=1S/C22H43Cl2NO2/c1-4-5-6-7-8-9-10-11-12-13-14-15-16-17-18-19-20-27-21(26)22(2,3)25(23)24/h4-20H2,1-3H3. The summed E-state index contributed by atoms with van der Waals surface area (Å²) in [6, 6.07) is 0. The van der Waals surface area contributed by atoms with Gasteiger partial charge in [-0.2, -0.15) is 0 Å². The van der Waals surface area contributed by atoms with Gasteiger partial charge in [0.1, 0.15) is 5.54 Å². The molecule has 0 aromatic carbocycles. The van der Waals surface area contributed by atoms with E-state index in [2.05, 4.69) is 6.92 Å². The first kappa shape index (κ1) is 27.0. The summed E-state index contributed by atoms with van der Waals surface area (Å²) in [4.78, 5) is 11.8. The minimum atomic E-state index is -1.00. The zero-order valence-electron chi connectivity index (χ0n) is 18.0. The van der Waals surface area contributed by atoms with Gasteiger partial charge in [0.2, 0.25) is 0 Å². The third-order valence-corrected chi connectivity index (χ3v) is 6.00. The van der Waals surface area contributed by atoms with Gasteiger partial charge in [0.25, 0.3) is 0 Å². The first-order chi connectivity index (χ1) is 12.9. The number of carbonyl (C=O) groups excluding carboxylic acids is 1. The van der Waals surface area contributed by atoms with Crippen molar-refractivity contribution in [1.82, 2.24) is 3.94 Å². The SMILES string of the molecule is CCCCCCCCCCCCCCCCCCOC(=O)C(C)(C)N(Cl)Cl. The molecule has 0 bridgehead atoms. The normalized spacial score (nSPS) is 11.9. The third-order valence-electron chi connectivity index (χ3n) is 5.15. The third kappa shape index (κ3) is 15.6. The lowest BCUT2D eigenvalue weighted by Crippen LogP contribution is -2.41. The Balaban J connectivity index is 3.25. The van der Waals surface area contributed by atoms with Crippen molar-refractivity contribution in [2.45, 2.75) is 129 Å². The summed E-state index contributed by atoms with van der Waals surface area (Å²) >= 11 is 11.3. The lowest BCUT2D eigenvalue weighted by molar-refractivity contribution is -0.151. The number of carbonyl (C=O) groups is 1. The number of hydrogen-bond acceptors (Lipinski definition) is 3. The van der Waals surface area contributed by atoms with Crippen LogP contribution in [0.15, 0.2) is 0 Å². The van der Waals surface area contributed by atoms with Crippen LogP contribution in [0.4, 0.5) is 0 Å². The maximum Gasteiger partial charge on any atom is 0.328 e. The van der Waals surface area contributed by atoms with E-state index in [4.69, 9.17) is 28.3 Å². The zero-order chi connectivity index (χ0) is 20.4. The molecule has 0 N–H and O–H groups in total. The van der Waals surface area contributed by atoms with E-state index in [1.165, 1.54) is 89.9 Å². The Labute approximate surface area is 178 Å². The predicted octanol–water partition coefficient (Wildman–Crippen LogP) is 8.18. The van der Waals surface area contributed by atoms with Crippen molar-refractivity contribution in [1.29, 1.82) is 0 Å². The highest BCUT2D eigenvalue weighted by Crippen LogP contribution is 2.21. The highest BCUT2D eigenvalue weighted by Gasteiger charge is 2.35. The van der Waals surface area contributed by atoms with Crippen molar-refractivity contribution < 1.29 is 9.53 Å². The van der Waals surface area contributed by atoms with E-state index < -0.39 is 5.54 Å². The van der Waals surface area contributed by atoms with E-state index in [0.717, 1.165) is 16.8 Å². The molecule has 0 atom stereocenters. The van der Waals surface area contributed by atoms with Crippen molar-refractivity contribution in [2.24, 2.45) is 0 Å². The van der Waals surface area contributed by atoms with Gasteiger partial charge in [0, 0.05) is 0 Å². The molecule has 0 aromatic rings. The minimum Gasteiger partial charge on any atom is -0.464 e. The molecule has 3 nitrogen and oxygen atoms in total. The smallest absolute Gasteiger partial charge is 0.328 e. The van der Waals surface area contributed by atoms with E-state index in [9.17, 15) is 4.79 Å². The second kappa shape index (κ2) is 18.1. The predicted molar refractivity (Wildman–Crippen MR) is 118 cm³/mol. The summed E-state index contributed by atoms with van der Waals surface area (Å²) < 4.78 is 6.09. The van der Waals surface area contributed by atoms with Crippen LogP contribution in [0.3, 0.4) is 0 Å². The Bertz CT molecular complexity index is 349. The van der Waals surface area contributed by atoms with Gasteiger partial charge in [-0.1, -0.05) is 103 Å². The topological polar surface area (TPSA) is 29.5 Å². The van der Waals surface area contributed by atoms with E-state index in [1.807, 2.05) is 0 Å². The number of esters is 1. The van der Waals surface area contributed by atoms with Crippen molar-refractivity contribution in [3.63, 3.8) is 0 Å². The molecule has 0 radical (unpaired) electrons. The minimum absolute atomic E-state index is 0.381. The molecule has 0 aromatic heterocycles. The molecule has 0 spiro atoms. The van der Waals surface area contributed by atoms with Gasteiger partial charge in [0.05, 0.1) is 6.61 Å². The maximum absolute atomic E-state index is 11.8. The van der Waals surface area contributed by atoms with Crippen molar-refractivity contribution in [2.75, 3.05) is 6.61 Å². The molecule has 0 aliphatic carbocycles. The van der Waals surface area contributed by atoms with Crippen LogP contribution in [0.5, 0.6) is 0 Å². The number of nitrogens with zero attached hydrogens (tertiary/aromatic N) is 1. The van der Waals surface area contributed by atoms with Crippen LogP contribution in [0.2, 0.25) is 0 Å². The fourth-order valence-corrected chi connectivity index (χ4v) is 3.20. The highest BCUT2D eigenvalue weighted by molar-refractivity contribution is 6.35. The van der Waals surface area contributed by atoms with Gasteiger partial charge in [-0.15, -0.1) is 3.94 Å². The molecule has 0 fully saturated rings. The van der Waals surface area contributed by atoms with Gasteiger partial charge >= 0.3 is 5.97 Å². The Morgan fingerprint density at radius 2 is 1.04 bits per heavy atom. The lowest BCUT2D eigenvalue weighted by Gasteiger charge is -2.24. The second-order valence-corrected chi connectivity index (χ2v) is 9.08. The molecule has 5 heteroatoms. The summed E-state index contributed by atoms with van der Waals surface area (Å²) in [5.74, 6) is -0.381. The summed E-state index contributed by atoms with van der Waals surface area (Å²) in [6.07, 6.45) is 21.3. The average molecular weight is 424 g/mol. The van der Waals surface area contributed by atoms with Crippen LogP contribution in [-0.2, 0) is 9.53 Å². The van der Waals surface area contributed by atoms with Crippen LogP contribution in [0, 0.1) is 0 Å². The second-order valence-electron chi connectivity index (χ2n) is 8.23. The first-order valence-corrected chi connectivity index (χ1v) is 11.9. The van der Waals surface area contributed by atoms with E-state index in [1.54, 1.807) is 13.8 Å². The fourth-order valence-electron chi connectivity index (χ4n) is 3.06. The van der Waals surface area contributed by atoms with Crippen LogP contribution >= 0.6 is 23.6 Å². The van der Waals surface area contributed by atoms with Gasteiger partial charge < -0.3 is 4.74 Å². The van der Waals surface area contributed by atoms with E-state index in [0.29, 0.717) is 6.61 Å². The fraction of sp³-hybridized carbons (Fsp3) is 0.955. The van der Waals surface area contributed by atoms with E-state index >= 15 is 0 Å². The quantitative estimate of drug-likeness (QED) is 0.119. The van der Waals surface area contributed by atoms with Crippen molar-refractivity contribution in [3.8, 4) is 0 Å². The van der Waals surface area contributed by atoms with Crippen LogP contribution in [0.25, 0.3) is 0 Å². The Hall–Kier alpha value is 0.01000. The molecular weight excluding hydrogens is 381 g/mol. The van der Waals surface area contributed by atoms with Gasteiger partial charge in [-0.3, -0.25) is 0 Å². The van der Waals surface area contributed by atoms with Crippen LogP contribution in [-0.4, -0.2) is 22.1 Å². The number of ether oxygens (including phenoxy) is 1. The molecular formula is C22H43Cl2NO2. The number of halogens is 2. The molecule has 27 heavy (non-hydrogen) atoms. The zero-order valence-corrected chi connectivity index (χ0v) is 19.6. The average Bonchev–Trinajstić information content (AvgIpc) is 2.63. The number of unbranched alkanes of at least 4 members (excludes halogenated alkanes) is 15. The molecule has 0 amide bonds. The van der Waals surface area contributed by atoms with Gasteiger partial charge in [-0.05, 0) is 43.8 Å². The van der Waals surface area contributed by atoms with E-state index in [-0.39, 0.29) is 5.97 Å².